The van der Waals surface area contributed by atoms with Crippen LogP contribution >= 0.6 is 0 Å². The Morgan fingerprint density at radius 1 is 1.16 bits per heavy atom. The number of nitrogens with one attached hydrogen (secondary N) is 2. The molecule has 10 heteroatoms. The van der Waals surface area contributed by atoms with Crippen molar-refractivity contribution in [3.05, 3.63) is 59.9 Å². The Labute approximate surface area is 177 Å². The van der Waals surface area contributed by atoms with Gasteiger partial charge in [-0.1, -0.05) is 18.2 Å². The van der Waals surface area contributed by atoms with Crippen molar-refractivity contribution in [3.63, 3.8) is 0 Å². The van der Waals surface area contributed by atoms with Gasteiger partial charge < -0.3 is 19.5 Å². The first kappa shape index (κ1) is 22.9. The summed E-state index contributed by atoms with van der Waals surface area (Å²) in [6.45, 7) is -0.851. The fraction of sp³-hybridized carbons (Fsp3) is 0.143. The maximum absolute atomic E-state index is 13.5. The lowest BCUT2D eigenvalue weighted by Crippen LogP contribution is -2.37. The van der Waals surface area contributed by atoms with Gasteiger partial charge in [0.15, 0.2) is 24.7 Å². The molecule has 0 aliphatic rings. The van der Waals surface area contributed by atoms with Gasteiger partial charge in [-0.15, -0.1) is 0 Å². The van der Waals surface area contributed by atoms with E-state index in [0.717, 1.165) is 12.1 Å². The van der Waals surface area contributed by atoms with Crippen LogP contribution < -0.4 is 20.1 Å². The molecule has 9 nitrogen and oxygen atoms in total. The number of esters is 1. The molecule has 0 fully saturated rings. The van der Waals surface area contributed by atoms with E-state index in [1.54, 1.807) is 18.2 Å². The molecule has 0 saturated heterocycles. The Morgan fingerprint density at radius 2 is 1.94 bits per heavy atom. The molecule has 0 unspecified atom stereocenters. The predicted molar refractivity (Wildman–Crippen MR) is 108 cm³/mol. The van der Waals surface area contributed by atoms with Crippen molar-refractivity contribution in [2.24, 2.45) is 0 Å². The van der Waals surface area contributed by atoms with E-state index in [9.17, 15) is 18.8 Å². The second-order valence-corrected chi connectivity index (χ2v) is 5.78. The van der Waals surface area contributed by atoms with Crippen LogP contribution in [0.25, 0.3) is 6.08 Å². The minimum absolute atomic E-state index is 0.104. The van der Waals surface area contributed by atoms with Crippen molar-refractivity contribution in [1.29, 1.82) is 5.26 Å². The Morgan fingerprint density at radius 3 is 2.65 bits per heavy atom. The highest BCUT2D eigenvalue weighted by Crippen LogP contribution is 2.28. The van der Waals surface area contributed by atoms with Crippen LogP contribution in [-0.2, 0) is 14.3 Å². The molecule has 0 aromatic heterocycles. The van der Waals surface area contributed by atoms with Crippen molar-refractivity contribution in [2.45, 2.75) is 0 Å². The van der Waals surface area contributed by atoms with Crippen LogP contribution in [0.5, 0.6) is 11.5 Å². The number of nitrogens with zero attached hydrogens (tertiary/aromatic N) is 1. The summed E-state index contributed by atoms with van der Waals surface area (Å²) in [5, 5.41) is 12.6. The third-order valence-corrected chi connectivity index (χ3v) is 3.61. The Bertz CT molecular complexity index is 1030. The van der Waals surface area contributed by atoms with Gasteiger partial charge in [0.2, 0.25) is 0 Å². The quantitative estimate of drug-likeness (QED) is 0.490. The highest BCUT2D eigenvalue weighted by molar-refractivity contribution is 6.02. The standard InChI is InChI=1S/C21H18FN3O6/c1-29-18-12-14(6-8-17(18)30-11-10-23)7-9-20(27)31-13-19(26)25-21(28)24-16-5-3-2-4-15(16)22/h2-9,12H,11,13H2,1H3,(H2,24,25,26,28)/b9-7+. The van der Waals surface area contributed by atoms with Crippen molar-refractivity contribution < 1.29 is 33.0 Å². The largest absolute Gasteiger partial charge is 0.493 e. The summed E-state index contributed by atoms with van der Waals surface area (Å²) in [7, 11) is 1.43. The monoisotopic (exact) mass is 427 g/mol. The van der Waals surface area contributed by atoms with E-state index >= 15 is 0 Å². The van der Waals surface area contributed by atoms with Gasteiger partial charge in [0.25, 0.3) is 5.91 Å². The molecule has 160 valence electrons. The summed E-state index contributed by atoms with van der Waals surface area (Å²) >= 11 is 0. The first-order chi connectivity index (χ1) is 14.9. The number of imide groups is 1. The lowest BCUT2D eigenvalue weighted by atomic mass is 10.2. The molecule has 0 radical (unpaired) electrons. The van der Waals surface area contributed by atoms with Crippen molar-refractivity contribution in [1.82, 2.24) is 5.32 Å². The summed E-state index contributed by atoms with van der Waals surface area (Å²) in [4.78, 5) is 35.1. The Hall–Kier alpha value is -4.39. The molecule has 0 atom stereocenters. The molecule has 0 spiro atoms. The first-order valence-corrected chi connectivity index (χ1v) is 8.81. The smallest absolute Gasteiger partial charge is 0.331 e. The molecular formula is C21H18FN3O6. The molecule has 0 aliphatic heterocycles. The van der Waals surface area contributed by atoms with Crippen molar-refractivity contribution >= 4 is 29.7 Å². The molecule has 0 saturated carbocycles. The Balaban J connectivity index is 1.82. The number of hydrogen-bond acceptors (Lipinski definition) is 7. The molecule has 2 aromatic rings. The zero-order valence-corrected chi connectivity index (χ0v) is 16.4. The number of urea groups is 1. The van der Waals surface area contributed by atoms with E-state index in [4.69, 9.17) is 19.5 Å². The highest BCUT2D eigenvalue weighted by Gasteiger charge is 2.12. The zero-order chi connectivity index (χ0) is 22.6. The molecule has 2 rings (SSSR count). The minimum Gasteiger partial charge on any atom is -0.493 e. The van der Waals surface area contributed by atoms with Crippen LogP contribution in [0, 0.1) is 17.1 Å². The van der Waals surface area contributed by atoms with E-state index in [1.165, 1.54) is 31.4 Å². The summed E-state index contributed by atoms with van der Waals surface area (Å²) in [5.74, 6) is -1.65. The molecule has 0 aliphatic carbocycles. The van der Waals surface area contributed by atoms with Crippen LogP contribution in [0.15, 0.2) is 48.5 Å². The van der Waals surface area contributed by atoms with Crippen LogP contribution in [0.4, 0.5) is 14.9 Å². The van der Waals surface area contributed by atoms with E-state index in [1.807, 2.05) is 11.4 Å². The second-order valence-electron chi connectivity index (χ2n) is 5.78. The fourth-order valence-electron chi connectivity index (χ4n) is 2.25. The van der Waals surface area contributed by atoms with Crippen LogP contribution in [0.1, 0.15) is 5.56 Å². The summed E-state index contributed by atoms with van der Waals surface area (Å²) in [5.41, 5.74) is 0.471. The number of amides is 3. The van der Waals surface area contributed by atoms with Gasteiger partial charge >= 0.3 is 12.0 Å². The maximum Gasteiger partial charge on any atom is 0.331 e. The minimum atomic E-state index is -0.965. The fourth-order valence-corrected chi connectivity index (χ4v) is 2.25. The average Bonchev–Trinajstić information content (AvgIpc) is 2.76. The zero-order valence-electron chi connectivity index (χ0n) is 16.4. The number of ether oxygens (including phenoxy) is 3. The first-order valence-electron chi connectivity index (χ1n) is 8.81. The lowest BCUT2D eigenvalue weighted by Gasteiger charge is -2.09. The van der Waals surface area contributed by atoms with Crippen molar-refractivity contribution in [2.75, 3.05) is 25.6 Å². The summed E-state index contributed by atoms with van der Waals surface area (Å²) < 4.78 is 28.6. The van der Waals surface area contributed by atoms with Gasteiger partial charge in [-0.05, 0) is 35.9 Å². The molecule has 2 aromatic carbocycles. The number of rotatable bonds is 8. The highest BCUT2D eigenvalue weighted by atomic mass is 19.1. The second kappa shape index (κ2) is 11.6. The third-order valence-electron chi connectivity index (χ3n) is 3.61. The molecule has 2 N–H and O–H groups in total. The van der Waals surface area contributed by atoms with Gasteiger partial charge in [-0.25, -0.2) is 14.0 Å². The van der Waals surface area contributed by atoms with E-state index < -0.39 is 30.3 Å². The van der Waals surface area contributed by atoms with Gasteiger partial charge in [0.05, 0.1) is 12.8 Å². The number of carbonyl (C=O) groups excluding carboxylic acids is 3. The number of para-hydroxylation sites is 1. The number of carbonyl (C=O) groups is 3. The number of methoxy groups -OCH3 is 1. The summed E-state index contributed by atoms with van der Waals surface area (Å²) in [6, 6.07) is 11.1. The predicted octanol–water partition coefficient (Wildman–Crippen LogP) is 2.64. The lowest BCUT2D eigenvalue weighted by molar-refractivity contribution is -0.143. The molecular weight excluding hydrogens is 409 g/mol. The van der Waals surface area contributed by atoms with Crippen LogP contribution in [0.2, 0.25) is 0 Å². The maximum atomic E-state index is 13.5. The number of hydrogen-bond donors (Lipinski definition) is 2. The van der Waals surface area contributed by atoms with Crippen LogP contribution in [-0.4, -0.2) is 38.2 Å². The van der Waals surface area contributed by atoms with E-state index in [2.05, 4.69) is 5.32 Å². The third kappa shape index (κ3) is 7.51. The molecule has 3 amide bonds. The number of halogens is 1. The van der Waals surface area contributed by atoms with Crippen LogP contribution in [0.3, 0.4) is 0 Å². The van der Waals surface area contributed by atoms with Crippen molar-refractivity contribution in [3.8, 4) is 17.6 Å². The van der Waals surface area contributed by atoms with Gasteiger partial charge in [-0.3, -0.25) is 10.1 Å². The Kier molecular flexibility index (Phi) is 8.55. The normalized spacial score (nSPS) is 10.1. The molecule has 31 heavy (non-hydrogen) atoms. The summed E-state index contributed by atoms with van der Waals surface area (Å²) in [6.07, 6.45) is 2.50. The topological polar surface area (TPSA) is 127 Å². The number of anilines is 1. The number of benzene rings is 2. The van der Waals surface area contributed by atoms with Gasteiger partial charge in [-0.2, -0.15) is 5.26 Å². The molecule has 0 heterocycles. The number of nitriles is 1. The van der Waals surface area contributed by atoms with Gasteiger partial charge in [0, 0.05) is 6.08 Å². The van der Waals surface area contributed by atoms with E-state index in [-0.39, 0.29) is 12.3 Å². The molecule has 0 bridgehead atoms. The SMILES string of the molecule is COc1cc(/C=C/C(=O)OCC(=O)NC(=O)Nc2ccccc2F)ccc1OCC#N. The van der Waals surface area contributed by atoms with E-state index in [0.29, 0.717) is 17.1 Å². The average molecular weight is 427 g/mol. The van der Waals surface area contributed by atoms with Gasteiger partial charge in [0.1, 0.15) is 11.9 Å².